The Bertz CT molecular complexity index is 300. The molecule has 0 radical (unpaired) electrons. The van der Waals surface area contributed by atoms with Crippen LogP contribution < -0.4 is 10.6 Å². The van der Waals surface area contributed by atoms with E-state index in [0.29, 0.717) is 32.6 Å². The van der Waals surface area contributed by atoms with Crippen molar-refractivity contribution in [3.63, 3.8) is 0 Å². The van der Waals surface area contributed by atoms with Crippen LogP contribution >= 0.6 is 0 Å². The zero-order valence-electron chi connectivity index (χ0n) is 13.2. The van der Waals surface area contributed by atoms with Crippen LogP contribution in [0.1, 0.15) is 47.5 Å². The number of carbonyl (C=O) groups excluding carboxylic acids is 2. The minimum atomic E-state index is -0.504. The standard InChI is InChI=1S/C14H28N2O4/c1-6-19-10-11(2)16-12(17)8-7-9-15-13(18)20-14(3,4)5/h11H,6-10H2,1-5H3,(H,15,18)(H,16,17). The summed E-state index contributed by atoms with van der Waals surface area (Å²) in [6.45, 7) is 10.8. The fourth-order valence-corrected chi connectivity index (χ4v) is 1.44. The Labute approximate surface area is 121 Å². The van der Waals surface area contributed by atoms with Crippen molar-refractivity contribution in [1.29, 1.82) is 0 Å². The van der Waals surface area contributed by atoms with Gasteiger partial charge in [-0.05, 0) is 41.0 Å². The van der Waals surface area contributed by atoms with Crippen molar-refractivity contribution in [2.45, 2.75) is 59.1 Å². The van der Waals surface area contributed by atoms with Gasteiger partial charge in [-0.2, -0.15) is 0 Å². The van der Waals surface area contributed by atoms with Crippen LogP contribution in [0, 0.1) is 0 Å². The summed E-state index contributed by atoms with van der Waals surface area (Å²) in [4.78, 5) is 22.9. The average Bonchev–Trinajstić information content (AvgIpc) is 2.30. The molecule has 0 aromatic heterocycles. The third kappa shape index (κ3) is 11.8. The van der Waals surface area contributed by atoms with Gasteiger partial charge in [-0.25, -0.2) is 4.79 Å². The molecule has 20 heavy (non-hydrogen) atoms. The normalized spacial score (nSPS) is 12.7. The van der Waals surface area contributed by atoms with E-state index in [0.717, 1.165) is 0 Å². The molecule has 0 saturated carbocycles. The molecule has 2 amide bonds. The molecule has 1 unspecified atom stereocenters. The summed E-state index contributed by atoms with van der Waals surface area (Å²) in [5.41, 5.74) is -0.504. The van der Waals surface area contributed by atoms with Crippen LogP contribution in [0.2, 0.25) is 0 Å². The first-order chi connectivity index (χ1) is 9.24. The second kappa shape index (κ2) is 9.58. The highest BCUT2D eigenvalue weighted by atomic mass is 16.6. The van der Waals surface area contributed by atoms with Gasteiger partial charge in [-0.3, -0.25) is 4.79 Å². The van der Waals surface area contributed by atoms with Gasteiger partial charge >= 0.3 is 6.09 Å². The lowest BCUT2D eigenvalue weighted by Crippen LogP contribution is -2.36. The summed E-state index contributed by atoms with van der Waals surface area (Å²) in [5, 5.41) is 5.45. The molecule has 2 N–H and O–H groups in total. The van der Waals surface area contributed by atoms with Gasteiger partial charge in [0.15, 0.2) is 0 Å². The summed E-state index contributed by atoms with van der Waals surface area (Å²) < 4.78 is 10.3. The van der Waals surface area contributed by atoms with E-state index in [2.05, 4.69) is 10.6 Å². The van der Waals surface area contributed by atoms with Crippen LogP contribution in [-0.4, -0.2) is 43.4 Å². The molecular formula is C14H28N2O4. The Morgan fingerprint density at radius 3 is 2.45 bits per heavy atom. The van der Waals surface area contributed by atoms with Crippen molar-refractivity contribution < 1.29 is 19.1 Å². The minimum absolute atomic E-state index is 0.00117. The Morgan fingerprint density at radius 1 is 1.25 bits per heavy atom. The number of carbonyl (C=O) groups is 2. The Morgan fingerprint density at radius 2 is 1.90 bits per heavy atom. The molecule has 6 heteroatoms. The summed E-state index contributed by atoms with van der Waals surface area (Å²) >= 11 is 0. The van der Waals surface area contributed by atoms with Crippen molar-refractivity contribution in [3.05, 3.63) is 0 Å². The second-order valence-corrected chi connectivity index (χ2v) is 5.66. The van der Waals surface area contributed by atoms with E-state index >= 15 is 0 Å². The lowest BCUT2D eigenvalue weighted by Gasteiger charge is -2.19. The number of nitrogens with one attached hydrogen (secondary N) is 2. The van der Waals surface area contributed by atoms with Crippen molar-refractivity contribution in [2.75, 3.05) is 19.8 Å². The largest absolute Gasteiger partial charge is 0.444 e. The summed E-state index contributed by atoms with van der Waals surface area (Å²) in [5.74, 6) is -0.0387. The number of ether oxygens (including phenoxy) is 2. The van der Waals surface area contributed by atoms with Gasteiger partial charge in [0.05, 0.1) is 6.61 Å². The van der Waals surface area contributed by atoms with E-state index in [1.807, 2.05) is 13.8 Å². The topological polar surface area (TPSA) is 76.7 Å². The molecule has 6 nitrogen and oxygen atoms in total. The number of hydrogen-bond donors (Lipinski definition) is 2. The molecule has 0 aromatic rings. The fraction of sp³-hybridized carbons (Fsp3) is 0.857. The van der Waals surface area contributed by atoms with Crippen LogP contribution in [-0.2, 0) is 14.3 Å². The summed E-state index contributed by atoms with van der Waals surface area (Å²) in [7, 11) is 0. The summed E-state index contributed by atoms with van der Waals surface area (Å²) in [6, 6.07) is 0.00117. The monoisotopic (exact) mass is 288 g/mol. The van der Waals surface area contributed by atoms with E-state index in [1.165, 1.54) is 0 Å². The van der Waals surface area contributed by atoms with Crippen LogP contribution in [0.5, 0.6) is 0 Å². The maximum Gasteiger partial charge on any atom is 0.407 e. The molecule has 0 spiro atoms. The van der Waals surface area contributed by atoms with Gasteiger partial charge < -0.3 is 20.1 Å². The minimum Gasteiger partial charge on any atom is -0.444 e. The van der Waals surface area contributed by atoms with Crippen LogP contribution in [0.4, 0.5) is 4.79 Å². The Hall–Kier alpha value is -1.30. The van der Waals surface area contributed by atoms with Gasteiger partial charge in [0.1, 0.15) is 5.60 Å². The summed E-state index contributed by atoms with van der Waals surface area (Å²) in [6.07, 6.45) is 0.487. The maximum atomic E-state index is 11.6. The Balaban J connectivity index is 3.64. The number of alkyl carbamates (subject to hydrolysis) is 1. The number of amides is 2. The first-order valence-corrected chi connectivity index (χ1v) is 7.08. The first-order valence-electron chi connectivity index (χ1n) is 7.08. The first kappa shape index (κ1) is 18.7. The number of hydrogen-bond acceptors (Lipinski definition) is 4. The van der Waals surface area contributed by atoms with Crippen molar-refractivity contribution in [3.8, 4) is 0 Å². The van der Waals surface area contributed by atoms with E-state index in [9.17, 15) is 9.59 Å². The zero-order valence-corrected chi connectivity index (χ0v) is 13.2. The molecule has 0 heterocycles. The molecule has 0 aliphatic rings. The molecule has 118 valence electrons. The SMILES string of the molecule is CCOCC(C)NC(=O)CCCNC(=O)OC(C)(C)C. The van der Waals surface area contributed by atoms with Crippen LogP contribution in [0.15, 0.2) is 0 Å². The second-order valence-electron chi connectivity index (χ2n) is 5.66. The number of rotatable bonds is 8. The quantitative estimate of drug-likeness (QED) is 0.668. The lowest BCUT2D eigenvalue weighted by atomic mass is 10.2. The maximum absolute atomic E-state index is 11.6. The highest BCUT2D eigenvalue weighted by Crippen LogP contribution is 2.06. The van der Waals surface area contributed by atoms with E-state index in [-0.39, 0.29) is 11.9 Å². The molecule has 0 aromatic carbocycles. The highest BCUT2D eigenvalue weighted by Gasteiger charge is 2.15. The molecule has 0 rings (SSSR count). The molecule has 0 bridgehead atoms. The van der Waals surface area contributed by atoms with Gasteiger partial charge in [-0.1, -0.05) is 0 Å². The molecule has 1 atom stereocenters. The van der Waals surface area contributed by atoms with E-state index in [1.54, 1.807) is 20.8 Å². The van der Waals surface area contributed by atoms with Crippen molar-refractivity contribution in [2.24, 2.45) is 0 Å². The highest BCUT2D eigenvalue weighted by molar-refractivity contribution is 5.76. The van der Waals surface area contributed by atoms with Crippen LogP contribution in [0.25, 0.3) is 0 Å². The molecule has 0 saturated heterocycles. The predicted molar refractivity (Wildman–Crippen MR) is 77.6 cm³/mol. The van der Waals surface area contributed by atoms with Crippen LogP contribution in [0.3, 0.4) is 0 Å². The van der Waals surface area contributed by atoms with E-state index < -0.39 is 11.7 Å². The van der Waals surface area contributed by atoms with Crippen molar-refractivity contribution in [1.82, 2.24) is 10.6 Å². The Kier molecular flexibility index (Phi) is 8.96. The predicted octanol–water partition coefficient (Wildman–Crippen LogP) is 1.83. The van der Waals surface area contributed by atoms with Crippen molar-refractivity contribution >= 4 is 12.0 Å². The molecule has 0 fully saturated rings. The molecule has 0 aliphatic carbocycles. The van der Waals surface area contributed by atoms with Gasteiger partial charge in [0.25, 0.3) is 0 Å². The van der Waals surface area contributed by atoms with Gasteiger partial charge in [0, 0.05) is 25.6 Å². The third-order valence-corrected chi connectivity index (χ3v) is 2.23. The average molecular weight is 288 g/mol. The zero-order chi connectivity index (χ0) is 15.6. The van der Waals surface area contributed by atoms with Gasteiger partial charge in [-0.15, -0.1) is 0 Å². The van der Waals surface area contributed by atoms with E-state index in [4.69, 9.17) is 9.47 Å². The molecule has 0 aliphatic heterocycles. The van der Waals surface area contributed by atoms with Gasteiger partial charge in [0.2, 0.25) is 5.91 Å². The third-order valence-electron chi connectivity index (χ3n) is 2.23. The lowest BCUT2D eigenvalue weighted by molar-refractivity contribution is -0.122. The molecular weight excluding hydrogens is 260 g/mol. The fourth-order valence-electron chi connectivity index (χ4n) is 1.44. The smallest absolute Gasteiger partial charge is 0.407 e.